The van der Waals surface area contributed by atoms with Gasteiger partial charge in [-0.15, -0.1) is 0 Å². The second kappa shape index (κ2) is 5.47. The zero-order valence-corrected chi connectivity index (χ0v) is 12.2. The monoisotopic (exact) mass is 347 g/mol. The number of nitrogens with two attached hydrogens (primary N) is 1. The maximum Gasteiger partial charge on any atom is 0.142 e. The second-order valence-electron chi connectivity index (χ2n) is 4.15. The Hall–Kier alpha value is -0.130. The fraction of sp³-hybridized carbons (Fsp3) is 0.545. The number of rotatable bonds is 2. The van der Waals surface area contributed by atoms with Crippen LogP contribution in [-0.2, 0) is 0 Å². The van der Waals surface area contributed by atoms with E-state index in [4.69, 9.17) is 5.73 Å². The molecule has 1 atom stereocenters. The molecule has 88 valence electrons. The van der Waals surface area contributed by atoms with Crippen LogP contribution in [0, 0.1) is 5.92 Å². The van der Waals surface area contributed by atoms with Crippen LogP contribution in [0.25, 0.3) is 0 Å². The zero-order valence-electron chi connectivity index (χ0n) is 9.00. The molecule has 1 fully saturated rings. The Morgan fingerprint density at radius 1 is 1.50 bits per heavy atom. The predicted molar refractivity (Wildman–Crippen MR) is 73.6 cm³/mol. The first-order valence-corrected chi connectivity index (χ1v) is 7.05. The van der Waals surface area contributed by atoms with Crippen molar-refractivity contribution in [1.82, 2.24) is 4.98 Å². The van der Waals surface area contributed by atoms with Gasteiger partial charge < -0.3 is 10.6 Å². The summed E-state index contributed by atoms with van der Waals surface area (Å²) in [4.78, 5) is 6.78. The quantitative estimate of drug-likeness (QED) is 0.893. The van der Waals surface area contributed by atoms with E-state index < -0.39 is 0 Å². The molecule has 1 aliphatic rings. The van der Waals surface area contributed by atoms with Crippen molar-refractivity contribution in [2.24, 2.45) is 11.7 Å². The number of piperidine rings is 1. The van der Waals surface area contributed by atoms with Crippen molar-refractivity contribution in [3.05, 3.63) is 21.2 Å². The summed E-state index contributed by atoms with van der Waals surface area (Å²) in [5.41, 5.74) is 5.74. The minimum atomic E-state index is 0.603. The summed E-state index contributed by atoms with van der Waals surface area (Å²) in [5.74, 6) is 1.63. The molecule has 1 aromatic heterocycles. The third-order valence-corrected chi connectivity index (χ3v) is 3.96. The average Bonchev–Trinajstić information content (AvgIpc) is 2.29. The number of halogens is 2. The van der Waals surface area contributed by atoms with E-state index in [1.165, 1.54) is 12.8 Å². The lowest BCUT2D eigenvalue weighted by Crippen LogP contribution is -2.39. The second-order valence-corrected chi connectivity index (χ2v) is 5.92. The molecule has 2 rings (SSSR count). The van der Waals surface area contributed by atoms with Gasteiger partial charge in [-0.25, -0.2) is 4.98 Å². The summed E-state index contributed by atoms with van der Waals surface area (Å²) in [6.07, 6.45) is 4.28. The molecule has 16 heavy (non-hydrogen) atoms. The molecule has 0 bridgehead atoms. The molecule has 5 heteroatoms. The lowest BCUT2D eigenvalue weighted by Gasteiger charge is -2.33. The van der Waals surface area contributed by atoms with E-state index in [1.807, 2.05) is 12.3 Å². The lowest BCUT2D eigenvalue weighted by molar-refractivity contribution is 0.421. The molecule has 0 amide bonds. The van der Waals surface area contributed by atoms with Crippen LogP contribution in [-0.4, -0.2) is 24.6 Å². The van der Waals surface area contributed by atoms with Crippen molar-refractivity contribution in [3.63, 3.8) is 0 Å². The van der Waals surface area contributed by atoms with Gasteiger partial charge >= 0.3 is 0 Å². The highest BCUT2D eigenvalue weighted by molar-refractivity contribution is 9.11. The Labute approximate surface area is 113 Å². The first kappa shape index (κ1) is 12.3. The molecule has 2 N–H and O–H groups in total. The van der Waals surface area contributed by atoms with Crippen LogP contribution in [0.5, 0.6) is 0 Å². The Morgan fingerprint density at radius 3 is 3.00 bits per heavy atom. The zero-order chi connectivity index (χ0) is 11.5. The smallest absolute Gasteiger partial charge is 0.142 e. The van der Waals surface area contributed by atoms with Gasteiger partial charge in [-0.05, 0) is 63.2 Å². The molecular weight excluding hydrogens is 334 g/mol. The fourth-order valence-electron chi connectivity index (χ4n) is 2.09. The van der Waals surface area contributed by atoms with Crippen molar-refractivity contribution >= 4 is 37.7 Å². The van der Waals surface area contributed by atoms with E-state index >= 15 is 0 Å². The Bertz CT molecular complexity index is 370. The molecule has 3 nitrogen and oxygen atoms in total. The molecule has 1 saturated heterocycles. The summed E-state index contributed by atoms with van der Waals surface area (Å²) in [6, 6.07) is 2.04. The largest absolute Gasteiger partial charge is 0.355 e. The number of anilines is 1. The van der Waals surface area contributed by atoms with E-state index in [9.17, 15) is 0 Å². The number of hydrogen-bond acceptors (Lipinski definition) is 3. The van der Waals surface area contributed by atoms with E-state index in [0.717, 1.165) is 34.4 Å². The van der Waals surface area contributed by atoms with Crippen molar-refractivity contribution < 1.29 is 0 Å². The van der Waals surface area contributed by atoms with Crippen LogP contribution in [0.2, 0.25) is 0 Å². The molecule has 0 spiro atoms. The van der Waals surface area contributed by atoms with Crippen molar-refractivity contribution in [3.8, 4) is 0 Å². The van der Waals surface area contributed by atoms with Crippen LogP contribution in [0.3, 0.4) is 0 Å². The molecule has 2 heterocycles. The molecule has 1 unspecified atom stereocenters. The van der Waals surface area contributed by atoms with Gasteiger partial charge in [-0.3, -0.25) is 0 Å². The van der Waals surface area contributed by atoms with Crippen LogP contribution < -0.4 is 10.6 Å². The molecule has 1 aliphatic heterocycles. The minimum absolute atomic E-state index is 0.603. The van der Waals surface area contributed by atoms with E-state index in [0.29, 0.717) is 5.92 Å². The predicted octanol–water partition coefficient (Wildman–Crippen LogP) is 2.78. The molecule has 0 aliphatic carbocycles. The minimum Gasteiger partial charge on any atom is -0.355 e. The van der Waals surface area contributed by atoms with Crippen LogP contribution in [0.1, 0.15) is 12.8 Å². The highest BCUT2D eigenvalue weighted by atomic mass is 79.9. The number of hydrogen-bond donors (Lipinski definition) is 1. The third kappa shape index (κ3) is 2.76. The van der Waals surface area contributed by atoms with Crippen molar-refractivity contribution in [2.45, 2.75) is 12.8 Å². The fourth-order valence-corrected chi connectivity index (χ4v) is 3.33. The molecule has 0 aromatic carbocycles. The molecular formula is C11H15Br2N3. The Kier molecular flexibility index (Phi) is 4.21. The van der Waals surface area contributed by atoms with Gasteiger partial charge in [-0.2, -0.15) is 0 Å². The topological polar surface area (TPSA) is 42.1 Å². The van der Waals surface area contributed by atoms with Gasteiger partial charge in [0.25, 0.3) is 0 Å². The Balaban J connectivity index is 2.16. The standard InChI is InChI=1S/C11H15Br2N3/c12-9-4-10(13)11(15-6-9)16-3-1-2-8(5-14)7-16/h4,6,8H,1-3,5,7,14H2. The lowest BCUT2D eigenvalue weighted by atomic mass is 9.98. The van der Waals surface area contributed by atoms with Gasteiger partial charge in [0.05, 0.1) is 4.47 Å². The van der Waals surface area contributed by atoms with Crippen molar-refractivity contribution in [2.75, 3.05) is 24.5 Å². The summed E-state index contributed by atoms with van der Waals surface area (Å²) in [5, 5.41) is 0. The third-order valence-electron chi connectivity index (χ3n) is 2.94. The summed E-state index contributed by atoms with van der Waals surface area (Å²) < 4.78 is 2.04. The maximum atomic E-state index is 5.74. The van der Waals surface area contributed by atoms with Gasteiger partial charge in [0.15, 0.2) is 0 Å². The number of aromatic nitrogens is 1. The normalized spacial score (nSPS) is 21.2. The van der Waals surface area contributed by atoms with Crippen LogP contribution in [0.15, 0.2) is 21.2 Å². The summed E-state index contributed by atoms with van der Waals surface area (Å²) >= 11 is 6.97. The molecule has 0 radical (unpaired) electrons. The molecule has 0 saturated carbocycles. The first-order valence-electron chi connectivity index (χ1n) is 5.46. The Morgan fingerprint density at radius 2 is 2.31 bits per heavy atom. The van der Waals surface area contributed by atoms with Gasteiger partial charge in [0.1, 0.15) is 5.82 Å². The highest BCUT2D eigenvalue weighted by Crippen LogP contribution is 2.29. The highest BCUT2D eigenvalue weighted by Gasteiger charge is 2.21. The number of nitrogens with zero attached hydrogens (tertiary/aromatic N) is 2. The van der Waals surface area contributed by atoms with Gasteiger partial charge in [-0.1, -0.05) is 0 Å². The van der Waals surface area contributed by atoms with Crippen molar-refractivity contribution in [1.29, 1.82) is 0 Å². The molecule has 1 aromatic rings. The summed E-state index contributed by atoms with van der Waals surface area (Å²) in [7, 11) is 0. The van der Waals surface area contributed by atoms with E-state index in [1.54, 1.807) is 0 Å². The van der Waals surface area contributed by atoms with Gasteiger partial charge in [0, 0.05) is 23.8 Å². The SMILES string of the molecule is NCC1CCCN(c2ncc(Br)cc2Br)C1. The summed E-state index contributed by atoms with van der Waals surface area (Å²) in [6.45, 7) is 2.86. The van der Waals surface area contributed by atoms with E-state index in [-0.39, 0.29) is 0 Å². The van der Waals surface area contributed by atoms with Crippen LogP contribution in [0.4, 0.5) is 5.82 Å². The average molecular weight is 349 g/mol. The number of pyridine rings is 1. The van der Waals surface area contributed by atoms with Crippen LogP contribution >= 0.6 is 31.9 Å². The first-order chi connectivity index (χ1) is 7.70. The maximum absolute atomic E-state index is 5.74. The van der Waals surface area contributed by atoms with Gasteiger partial charge in [0.2, 0.25) is 0 Å². The van der Waals surface area contributed by atoms with E-state index in [2.05, 4.69) is 41.7 Å².